The highest BCUT2D eigenvalue weighted by Crippen LogP contribution is 2.33. The third kappa shape index (κ3) is 4.41. The van der Waals surface area contributed by atoms with E-state index in [1.54, 1.807) is 4.90 Å². The van der Waals surface area contributed by atoms with Crippen molar-refractivity contribution in [3.8, 4) is 11.3 Å². The maximum atomic E-state index is 13.0. The third-order valence-electron chi connectivity index (χ3n) is 6.02. The number of para-hydroxylation sites is 1. The van der Waals surface area contributed by atoms with Gasteiger partial charge in [-0.25, -0.2) is 4.98 Å². The molecule has 6 nitrogen and oxygen atoms in total. The van der Waals surface area contributed by atoms with Gasteiger partial charge in [0.2, 0.25) is 0 Å². The summed E-state index contributed by atoms with van der Waals surface area (Å²) in [4.78, 5) is 22.9. The Morgan fingerprint density at radius 2 is 1.94 bits per heavy atom. The molecule has 1 fully saturated rings. The van der Waals surface area contributed by atoms with Crippen LogP contribution >= 0.6 is 15.9 Å². The van der Waals surface area contributed by atoms with Crippen molar-refractivity contribution in [3.63, 3.8) is 0 Å². The number of hydrogen-bond acceptors (Lipinski definition) is 3. The van der Waals surface area contributed by atoms with Gasteiger partial charge >= 0.3 is 0 Å². The summed E-state index contributed by atoms with van der Waals surface area (Å²) in [5, 5.41) is 5.16. The number of quaternary nitrogens is 1. The van der Waals surface area contributed by atoms with E-state index in [9.17, 15) is 4.79 Å². The Morgan fingerprint density at radius 3 is 2.78 bits per heavy atom. The number of carbonyl (C=O) groups excluding carboxylic acids is 1. The second kappa shape index (κ2) is 9.40. The van der Waals surface area contributed by atoms with Crippen LogP contribution < -0.4 is 10.2 Å². The molecule has 5 rings (SSSR count). The first-order valence-corrected chi connectivity index (χ1v) is 11.9. The molecule has 164 valence electrons. The molecule has 0 saturated carbocycles. The van der Waals surface area contributed by atoms with Crippen LogP contribution in [0.5, 0.6) is 0 Å². The number of aromatic nitrogens is 2. The second-order valence-electron chi connectivity index (χ2n) is 8.18. The molecule has 0 spiro atoms. The number of carbonyl (C=O) groups is 1. The fourth-order valence-electron chi connectivity index (χ4n) is 4.35. The lowest BCUT2D eigenvalue weighted by Crippen LogP contribution is -3.14. The molecule has 7 heteroatoms. The number of benzene rings is 2. The van der Waals surface area contributed by atoms with E-state index in [2.05, 4.69) is 32.3 Å². The summed E-state index contributed by atoms with van der Waals surface area (Å²) < 4.78 is 6.39. The Morgan fingerprint density at radius 1 is 1.09 bits per heavy atom. The minimum Gasteiger partial charge on any atom is -0.370 e. The summed E-state index contributed by atoms with van der Waals surface area (Å²) in [6, 6.07) is 18.1. The Labute approximate surface area is 195 Å². The Bertz CT molecular complexity index is 1260. The molecule has 3 N–H and O–H groups in total. The monoisotopic (exact) mass is 493 g/mol. The number of ether oxygens (including phenoxy) is 1. The summed E-state index contributed by atoms with van der Waals surface area (Å²) in [6.07, 6.45) is 0.939. The number of hydrogen-bond donors (Lipinski definition) is 3. The minimum atomic E-state index is -0.134. The van der Waals surface area contributed by atoms with E-state index in [4.69, 9.17) is 9.72 Å². The zero-order valence-corrected chi connectivity index (χ0v) is 19.4. The maximum Gasteiger partial charge on any atom is 0.269 e. The quantitative estimate of drug-likeness (QED) is 0.361. The molecule has 2 aromatic carbocycles. The van der Waals surface area contributed by atoms with Crippen molar-refractivity contribution in [2.75, 3.05) is 39.4 Å². The lowest BCUT2D eigenvalue weighted by atomic mass is 10.1. The van der Waals surface area contributed by atoms with E-state index in [0.29, 0.717) is 12.2 Å². The van der Waals surface area contributed by atoms with Crippen LogP contribution in [0.3, 0.4) is 0 Å². The number of rotatable bonds is 6. The van der Waals surface area contributed by atoms with Gasteiger partial charge in [-0.15, -0.1) is 0 Å². The van der Waals surface area contributed by atoms with E-state index < -0.39 is 0 Å². The number of pyridine rings is 1. The van der Waals surface area contributed by atoms with Crippen molar-refractivity contribution in [2.24, 2.45) is 0 Å². The molecule has 0 bridgehead atoms. The highest BCUT2D eigenvalue weighted by molar-refractivity contribution is 9.10. The predicted octanol–water partition coefficient (Wildman–Crippen LogP) is 3.18. The highest BCUT2D eigenvalue weighted by atomic mass is 79.9. The van der Waals surface area contributed by atoms with Crippen LogP contribution in [0.1, 0.15) is 16.9 Å². The van der Waals surface area contributed by atoms with Crippen LogP contribution in [0.15, 0.2) is 59.1 Å². The highest BCUT2D eigenvalue weighted by Gasteiger charge is 2.18. The molecule has 32 heavy (non-hydrogen) atoms. The Kier molecular flexibility index (Phi) is 6.21. The number of halogens is 1. The van der Waals surface area contributed by atoms with Crippen molar-refractivity contribution in [1.82, 2.24) is 15.3 Å². The fraction of sp³-hybridized carbons (Fsp3) is 0.280. The van der Waals surface area contributed by atoms with Crippen molar-refractivity contribution >= 4 is 43.6 Å². The fourth-order valence-corrected chi connectivity index (χ4v) is 4.75. The van der Waals surface area contributed by atoms with Gasteiger partial charge in [0.05, 0.1) is 31.0 Å². The number of H-pyrrole nitrogens is 1. The summed E-state index contributed by atoms with van der Waals surface area (Å²) in [7, 11) is 0. The van der Waals surface area contributed by atoms with E-state index in [1.807, 2.05) is 48.5 Å². The van der Waals surface area contributed by atoms with Crippen molar-refractivity contribution in [1.29, 1.82) is 0 Å². The van der Waals surface area contributed by atoms with Crippen LogP contribution in [0, 0.1) is 0 Å². The molecule has 3 heterocycles. The van der Waals surface area contributed by atoms with Crippen LogP contribution in [-0.2, 0) is 4.74 Å². The van der Waals surface area contributed by atoms with Crippen molar-refractivity contribution < 1.29 is 14.4 Å². The van der Waals surface area contributed by atoms with Crippen LogP contribution in [0.4, 0.5) is 0 Å². The van der Waals surface area contributed by atoms with Gasteiger partial charge in [-0.3, -0.25) is 4.79 Å². The zero-order chi connectivity index (χ0) is 21.9. The lowest BCUT2D eigenvalue weighted by molar-refractivity contribution is -0.908. The van der Waals surface area contributed by atoms with Crippen molar-refractivity contribution in [2.45, 2.75) is 6.42 Å². The van der Waals surface area contributed by atoms with Gasteiger partial charge in [0.15, 0.2) is 0 Å². The smallest absolute Gasteiger partial charge is 0.269 e. The average Bonchev–Trinajstić information content (AvgIpc) is 3.20. The number of morpholine rings is 1. The Hall–Kier alpha value is -2.74. The van der Waals surface area contributed by atoms with Crippen LogP contribution in [0.2, 0.25) is 0 Å². The number of nitrogens with zero attached hydrogens (tertiary/aromatic N) is 1. The second-order valence-corrected chi connectivity index (χ2v) is 9.10. The lowest BCUT2D eigenvalue weighted by Gasteiger charge is -2.23. The van der Waals surface area contributed by atoms with E-state index >= 15 is 0 Å². The van der Waals surface area contributed by atoms with Gasteiger partial charge in [-0.2, -0.15) is 0 Å². The number of nitrogens with one attached hydrogen (secondary N) is 3. The summed E-state index contributed by atoms with van der Waals surface area (Å²) in [5.41, 5.74) is 4.16. The van der Waals surface area contributed by atoms with Crippen LogP contribution in [-0.4, -0.2) is 55.3 Å². The minimum absolute atomic E-state index is 0.134. The largest absolute Gasteiger partial charge is 0.370 e. The van der Waals surface area contributed by atoms with Crippen molar-refractivity contribution in [3.05, 3.63) is 64.8 Å². The molecule has 1 aliphatic rings. The standard InChI is InChI=1S/C25H25BrN4O2/c26-18-6-3-5-17(15-18)23-24-20(19-7-1-2-8-21(19)28-24)16-22(29-23)25(31)27-9-4-10-30-11-13-32-14-12-30/h1-3,5-8,15-16,28H,4,9-14H2,(H,27,31)/p+1. The summed E-state index contributed by atoms with van der Waals surface area (Å²) in [6.45, 7) is 5.43. The molecule has 1 aliphatic heterocycles. The zero-order valence-electron chi connectivity index (χ0n) is 17.8. The molecule has 0 atom stereocenters. The first-order valence-electron chi connectivity index (χ1n) is 11.1. The maximum absolute atomic E-state index is 13.0. The molecule has 0 unspecified atom stereocenters. The summed E-state index contributed by atoms with van der Waals surface area (Å²) >= 11 is 3.55. The SMILES string of the molecule is O=C(NCCC[NH+]1CCOCC1)c1cc2c([nH]c3ccccc32)c(-c2cccc(Br)c2)n1. The van der Waals surface area contributed by atoms with Gasteiger partial charge in [0, 0.05) is 39.3 Å². The normalized spacial score (nSPS) is 14.8. The van der Waals surface area contributed by atoms with Gasteiger partial charge in [-0.05, 0) is 24.3 Å². The molecule has 4 aromatic rings. The van der Waals surface area contributed by atoms with E-state index in [-0.39, 0.29) is 5.91 Å². The van der Waals surface area contributed by atoms with Gasteiger partial charge < -0.3 is 19.9 Å². The summed E-state index contributed by atoms with van der Waals surface area (Å²) in [5.74, 6) is -0.134. The average molecular weight is 494 g/mol. The molecule has 1 saturated heterocycles. The number of aromatic amines is 1. The number of amides is 1. The van der Waals surface area contributed by atoms with Crippen LogP contribution in [0.25, 0.3) is 33.1 Å². The molecule has 2 aromatic heterocycles. The first kappa shape index (κ1) is 21.1. The Balaban J connectivity index is 1.43. The van der Waals surface area contributed by atoms with Gasteiger partial charge in [0.25, 0.3) is 5.91 Å². The van der Waals surface area contributed by atoms with E-state index in [1.165, 1.54) is 0 Å². The molecule has 0 radical (unpaired) electrons. The van der Waals surface area contributed by atoms with Gasteiger partial charge in [0.1, 0.15) is 18.8 Å². The predicted molar refractivity (Wildman–Crippen MR) is 130 cm³/mol. The molecule has 1 amide bonds. The molecule has 0 aliphatic carbocycles. The van der Waals surface area contributed by atoms with E-state index in [0.717, 1.165) is 76.8 Å². The first-order chi connectivity index (χ1) is 15.7. The molecular formula is C25H26BrN4O2+. The number of fused-ring (bicyclic) bond motifs is 3. The third-order valence-corrected chi connectivity index (χ3v) is 6.51. The molecular weight excluding hydrogens is 468 g/mol. The van der Waals surface area contributed by atoms with Gasteiger partial charge in [-0.1, -0.05) is 46.3 Å². The topological polar surface area (TPSA) is 71.4 Å².